The largest absolute Gasteiger partial charge is 0.393 e. The van der Waals surface area contributed by atoms with E-state index >= 15 is 0 Å². The molecule has 2 amide bonds. The summed E-state index contributed by atoms with van der Waals surface area (Å²) in [5.74, 6) is -0.0924. The zero-order chi connectivity index (χ0) is 20.8. The third-order valence-corrected chi connectivity index (χ3v) is 5.50. The number of nitrogens with zero attached hydrogens (tertiary/aromatic N) is 1. The van der Waals surface area contributed by atoms with E-state index in [4.69, 9.17) is 5.73 Å². The quantitative estimate of drug-likeness (QED) is 0.701. The number of carbonyl (C=O) groups excluding carboxylic acids is 2. The molecule has 0 aliphatic heterocycles. The zero-order valence-electron chi connectivity index (χ0n) is 16.8. The van der Waals surface area contributed by atoms with E-state index in [0.29, 0.717) is 19.4 Å². The normalized spacial score (nSPS) is 18.9. The molecular weight excluding hydrogens is 366 g/mol. The van der Waals surface area contributed by atoms with Gasteiger partial charge >= 0.3 is 0 Å². The van der Waals surface area contributed by atoms with Crippen molar-refractivity contribution in [2.24, 2.45) is 11.7 Å². The van der Waals surface area contributed by atoms with Gasteiger partial charge in [-0.15, -0.1) is 0 Å². The van der Waals surface area contributed by atoms with Crippen LogP contribution in [0, 0.1) is 5.92 Å². The van der Waals surface area contributed by atoms with Crippen molar-refractivity contribution in [3.05, 3.63) is 54.1 Å². The maximum atomic E-state index is 12.4. The number of benzene rings is 2. The molecule has 29 heavy (non-hydrogen) atoms. The van der Waals surface area contributed by atoms with Crippen molar-refractivity contribution < 1.29 is 14.7 Å². The molecule has 1 fully saturated rings. The molecular formula is C23H29N3O3. The first-order valence-corrected chi connectivity index (χ1v) is 10.1. The van der Waals surface area contributed by atoms with Crippen LogP contribution in [0.4, 0.5) is 5.69 Å². The number of hydrogen-bond acceptors (Lipinski definition) is 4. The fourth-order valence-electron chi connectivity index (χ4n) is 3.70. The van der Waals surface area contributed by atoms with Crippen molar-refractivity contribution in [2.45, 2.75) is 38.3 Å². The first kappa shape index (κ1) is 21.0. The number of nitrogens with two attached hydrogens (primary N) is 1. The van der Waals surface area contributed by atoms with Gasteiger partial charge in [-0.2, -0.15) is 0 Å². The van der Waals surface area contributed by atoms with Gasteiger partial charge in [-0.05, 0) is 60.6 Å². The van der Waals surface area contributed by atoms with Gasteiger partial charge in [-0.3, -0.25) is 9.59 Å². The van der Waals surface area contributed by atoms with Crippen LogP contribution in [0.3, 0.4) is 0 Å². The Morgan fingerprint density at radius 1 is 1.07 bits per heavy atom. The second-order valence-electron chi connectivity index (χ2n) is 7.73. The highest BCUT2D eigenvalue weighted by Crippen LogP contribution is 2.27. The number of rotatable bonds is 6. The fraction of sp³-hybridized carbons (Fsp3) is 0.391. The first-order chi connectivity index (χ1) is 14.0. The number of amides is 2. The Balaban J connectivity index is 1.63. The van der Waals surface area contributed by atoms with E-state index in [2.05, 4.69) is 11.4 Å². The lowest BCUT2D eigenvalue weighted by molar-refractivity contribution is -0.128. The van der Waals surface area contributed by atoms with E-state index in [1.54, 1.807) is 11.9 Å². The van der Waals surface area contributed by atoms with E-state index in [1.807, 2.05) is 42.5 Å². The molecule has 2 aromatic carbocycles. The van der Waals surface area contributed by atoms with Crippen molar-refractivity contribution >= 4 is 17.5 Å². The third kappa shape index (κ3) is 5.65. The molecule has 0 unspecified atom stereocenters. The zero-order valence-corrected chi connectivity index (χ0v) is 16.8. The van der Waals surface area contributed by atoms with Gasteiger partial charge in [-0.1, -0.05) is 30.3 Å². The molecule has 0 radical (unpaired) electrons. The first-order valence-electron chi connectivity index (χ1n) is 10.1. The Hall–Kier alpha value is -2.70. The molecule has 0 aromatic heterocycles. The number of hydrogen-bond donors (Lipinski definition) is 3. The van der Waals surface area contributed by atoms with Crippen molar-refractivity contribution in [2.75, 3.05) is 18.9 Å². The van der Waals surface area contributed by atoms with E-state index in [1.165, 1.54) is 0 Å². The van der Waals surface area contributed by atoms with Crippen LogP contribution in [0.25, 0.3) is 11.1 Å². The summed E-state index contributed by atoms with van der Waals surface area (Å²) in [4.78, 5) is 25.7. The molecule has 2 aromatic rings. The van der Waals surface area contributed by atoms with Gasteiger partial charge in [0.25, 0.3) is 0 Å². The molecule has 0 heterocycles. The number of likely N-dealkylation sites (N-methyl/N-ethyl adjacent to an activating group) is 1. The van der Waals surface area contributed by atoms with Crippen molar-refractivity contribution in [3.8, 4) is 11.1 Å². The molecule has 0 saturated heterocycles. The number of nitrogens with one attached hydrogen (secondary N) is 1. The lowest BCUT2D eigenvalue weighted by Gasteiger charge is -2.24. The molecule has 0 spiro atoms. The second kappa shape index (κ2) is 9.67. The average molecular weight is 396 g/mol. The molecule has 6 heteroatoms. The van der Waals surface area contributed by atoms with Crippen molar-refractivity contribution in [1.29, 1.82) is 0 Å². The molecule has 3 rings (SSSR count). The lowest BCUT2D eigenvalue weighted by atomic mass is 9.87. The number of carbonyl (C=O) groups is 2. The van der Waals surface area contributed by atoms with E-state index < -0.39 is 0 Å². The highest BCUT2D eigenvalue weighted by molar-refractivity contribution is 5.92. The van der Waals surface area contributed by atoms with Gasteiger partial charge in [-0.25, -0.2) is 0 Å². The summed E-state index contributed by atoms with van der Waals surface area (Å²) < 4.78 is 0. The Bertz CT molecular complexity index is 843. The van der Waals surface area contributed by atoms with Gasteiger partial charge in [0.05, 0.1) is 12.6 Å². The standard InChI is InChI=1S/C23H29N3O3/c1-26(22(28)14-24)15-16-3-2-4-19(13-16)17-5-9-20(10-6-17)25-23(29)18-7-11-21(27)12-8-18/h2-6,9-10,13,18,21,27H,7-8,11-12,14-15,24H2,1H3,(H,25,29)/t18-,21-. The van der Waals surface area contributed by atoms with Crippen LogP contribution >= 0.6 is 0 Å². The Morgan fingerprint density at radius 3 is 2.41 bits per heavy atom. The van der Waals surface area contributed by atoms with E-state index in [9.17, 15) is 14.7 Å². The van der Waals surface area contributed by atoms with Crippen LogP contribution in [0.1, 0.15) is 31.2 Å². The smallest absolute Gasteiger partial charge is 0.236 e. The highest BCUT2D eigenvalue weighted by Gasteiger charge is 2.25. The molecule has 1 saturated carbocycles. The van der Waals surface area contributed by atoms with Crippen LogP contribution in [0.15, 0.2) is 48.5 Å². The van der Waals surface area contributed by atoms with Crippen LogP contribution in [-0.4, -0.2) is 41.5 Å². The topological polar surface area (TPSA) is 95.7 Å². The number of aliphatic hydroxyl groups excluding tert-OH is 1. The maximum absolute atomic E-state index is 12.4. The van der Waals surface area contributed by atoms with Gasteiger partial charge < -0.3 is 21.1 Å². The lowest BCUT2D eigenvalue weighted by Crippen LogP contribution is -2.32. The molecule has 1 aliphatic rings. The van der Waals surface area contributed by atoms with Gasteiger partial charge in [0.15, 0.2) is 0 Å². The number of anilines is 1. The monoisotopic (exact) mass is 395 g/mol. The fourth-order valence-corrected chi connectivity index (χ4v) is 3.70. The summed E-state index contributed by atoms with van der Waals surface area (Å²) in [6, 6.07) is 15.8. The van der Waals surface area contributed by atoms with Gasteiger partial charge in [0, 0.05) is 25.2 Å². The highest BCUT2D eigenvalue weighted by atomic mass is 16.3. The third-order valence-electron chi connectivity index (χ3n) is 5.50. The Morgan fingerprint density at radius 2 is 1.76 bits per heavy atom. The molecule has 1 aliphatic carbocycles. The molecule has 0 atom stereocenters. The minimum Gasteiger partial charge on any atom is -0.393 e. The summed E-state index contributed by atoms with van der Waals surface area (Å²) >= 11 is 0. The summed E-state index contributed by atoms with van der Waals surface area (Å²) in [5.41, 5.74) is 9.31. The minimum absolute atomic E-state index is 0.00477. The van der Waals surface area contributed by atoms with E-state index in [0.717, 1.165) is 35.2 Å². The molecule has 4 N–H and O–H groups in total. The van der Waals surface area contributed by atoms with E-state index in [-0.39, 0.29) is 30.4 Å². The summed E-state index contributed by atoms with van der Waals surface area (Å²) in [6.07, 6.45) is 2.60. The summed E-state index contributed by atoms with van der Waals surface area (Å²) in [6.45, 7) is 0.513. The predicted molar refractivity (Wildman–Crippen MR) is 114 cm³/mol. The van der Waals surface area contributed by atoms with Crippen LogP contribution in [0.5, 0.6) is 0 Å². The van der Waals surface area contributed by atoms with Crippen LogP contribution < -0.4 is 11.1 Å². The van der Waals surface area contributed by atoms with Crippen molar-refractivity contribution in [1.82, 2.24) is 4.90 Å². The Labute approximate surface area is 171 Å². The predicted octanol–water partition coefficient (Wildman–Crippen LogP) is 2.76. The minimum atomic E-state index is -0.262. The summed E-state index contributed by atoms with van der Waals surface area (Å²) in [5, 5.41) is 12.6. The van der Waals surface area contributed by atoms with Crippen molar-refractivity contribution in [3.63, 3.8) is 0 Å². The second-order valence-corrected chi connectivity index (χ2v) is 7.73. The van der Waals surface area contributed by atoms with Crippen LogP contribution in [0.2, 0.25) is 0 Å². The number of aliphatic hydroxyl groups is 1. The van der Waals surface area contributed by atoms with Crippen LogP contribution in [-0.2, 0) is 16.1 Å². The Kier molecular flexibility index (Phi) is 7.01. The van der Waals surface area contributed by atoms with Gasteiger partial charge in [0.2, 0.25) is 11.8 Å². The molecule has 6 nitrogen and oxygen atoms in total. The maximum Gasteiger partial charge on any atom is 0.236 e. The molecule has 0 bridgehead atoms. The summed E-state index contributed by atoms with van der Waals surface area (Å²) in [7, 11) is 1.74. The SMILES string of the molecule is CN(Cc1cccc(-c2ccc(NC(=O)[C@H]3CC[C@H](O)CC3)cc2)c1)C(=O)CN. The average Bonchev–Trinajstić information content (AvgIpc) is 2.74. The van der Waals surface area contributed by atoms with Gasteiger partial charge in [0.1, 0.15) is 0 Å². The molecule has 154 valence electrons.